The van der Waals surface area contributed by atoms with Crippen LogP contribution >= 0.6 is 0 Å². The average molecular weight is 382 g/mol. The lowest BCUT2D eigenvalue weighted by atomic mass is 10.1. The van der Waals surface area contributed by atoms with Crippen molar-refractivity contribution >= 4 is 17.9 Å². The maximum absolute atomic E-state index is 13.0. The summed E-state index contributed by atoms with van der Waals surface area (Å²) in [5.41, 5.74) is -0.929. The van der Waals surface area contributed by atoms with E-state index in [1.54, 1.807) is 4.90 Å². The van der Waals surface area contributed by atoms with Gasteiger partial charge in [-0.3, -0.25) is 9.59 Å². The molecule has 2 aliphatic heterocycles. The first kappa shape index (κ1) is 19.1. The summed E-state index contributed by atoms with van der Waals surface area (Å²) >= 11 is 0. The van der Waals surface area contributed by atoms with Gasteiger partial charge in [-0.25, -0.2) is 0 Å². The summed E-state index contributed by atoms with van der Waals surface area (Å²) in [5, 5.41) is 9.77. The Kier molecular flexibility index (Phi) is 4.81. The van der Waals surface area contributed by atoms with E-state index in [1.807, 2.05) is 0 Å². The van der Waals surface area contributed by atoms with Crippen LogP contribution in [0.15, 0.2) is 24.3 Å². The number of halogens is 2. The number of ether oxygens (including phenoxy) is 2. The molecule has 2 amide bonds. The third-order valence-electron chi connectivity index (χ3n) is 4.25. The number of hydrogen-bond donors (Lipinski definition) is 1. The molecule has 0 bridgehead atoms. The highest BCUT2D eigenvalue weighted by molar-refractivity contribution is 5.92. The maximum atomic E-state index is 13.0. The lowest BCUT2D eigenvalue weighted by Gasteiger charge is -2.36. The van der Waals surface area contributed by atoms with Crippen molar-refractivity contribution in [1.29, 1.82) is 0 Å². The summed E-state index contributed by atoms with van der Waals surface area (Å²) in [7, 11) is 0. The molecule has 0 aromatic heterocycles. The molecule has 1 fully saturated rings. The molecule has 0 aliphatic carbocycles. The number of aliphatic hydroxyl groups is 1. The Morgan fingerprint density at radius 3 is 2.33 bits per heavy atom. The molecular weight excluding hydrogens is 362 g/mol. The molecular formula is C18H20F2N2O5. The first-order valence-electron chi connectivity index (χ1n) is 8.44. The van der Waals surface area contributed by atoms with E-state index in [2.05, 4.69) is 9.47 Å². The first-order chi connectivity index (χ1) is 12.5. The van der Waals surface area contributed by atoms with Gasteiger partial charge in [0.25, 0.3) is 5.91 Å². The van der Waals surface area contributed by atoms with Gasteiger partial charge in [-0.15, -0.1) is 8.78 Å². The molecule has 3 rings (SSSR count). The van der Waals surface area contributed by atoms with Gasteiger partial charge in [-0.1, -0.05) is 6.07 Å². The quantitative estimate of drug-likeness (QED) is 0.801. The fraction of sp³-hybridized carbons (Fsp3) is 0.444. The zero-order valence-corrected chi connectivity index (χ0v) is 14.9. The van der Waals surface area contributed by atoms with E-state index in [-0.39, 0.29) is 23.3 Å². The Labute approximate surface area is 154 Å². The Morgan fingerprint density at radius 1 is 1.11 bits per heavy atom. The van der Waals surface area contributed by atoms with Crippen LogP contribution in [0.5, 0.6) is 11.5 Å². The molecule has 0 radical (unpaired) electrons. The van der Waals surface area contributed by atoms with E-state index >= 15 is 0 Å². The fourth-order valence-corrected chi connectivity index (χ4v) is 2.86. The minimum Gasteiger partial charge on any atom is -0.395 e. The second kappa shape index (κ2) is 6.80. The van der Waals surface area contributed by atoms with Gasteiger partial charge in [0.05, 0.1) is 0 Å². The zero-order chi connectivity index (χ0) is 19.8. The molecule has 27 heavy (non-hydrogen) atoms. The summed E-state index contributed by atoms with van der Waals surface area (Å²) in [6.45, 7) is 4.22. The molecule has 7 nitrogen and oxygen atoms in total. The van der Waals surface area contributed by atoms with E-state index in [0.717, 1.165) is 0 Å². The zero-order valence-electron chi connectivity index (χ0n) is 14.9. The van der Waals surface area contributed by atoms with Crippen molar-refractivity contribution in [3.63, 3.8) is 0 Å². The van der Waals surface area contributed by atoms with Gasteiger partial charge in [0.2, 0.25) is 5.91 Å². The number of carbonyl (C=O) groups excluding carboxylic acids is 2. The van der Waals surface area contributed by atoms with Crippen LogP contribution in [0.25, 0.3) is 6.08 Å². The van der Waals surface area contributed by atoms with Crippen LogP contribution in [-0.2, 0) is 9.59 Å². The summed E-state index contributed by atoms with van der Waals surface area (Å²) in [5.74, 6) is -0.778. The Hall–Kier alpha value is -2.68. The summed E-state index contributed by atoms with van der Waals surface area (Å²) < 4.78 is 34.7. The molecule has 1 aromatic carbocycles. The minimum atomic E-state index is -3.68. The molecule has 2 aliphatic rings. The number of alkyl halides is 2. The first-order valence-corrected chi connectivity index (χ1v) is 8.44. The van der Waals surface area contributed by atoms with Crippen molar-refractivity contribution in [2.75, 3.05) is 26.2 Å². The number of nitrogens with zero attached hydrogens (tertiary/aromatic N) is 2. The van der Waals surface area contributed by atoms with Crippen LogP contribution in [0.3, 0.4) is 0 Å². The number of carbonyl (C=O) groups is 2. The van der Waals surface area contributed by atoms with E-state index in [4.69, 9.17) is 0 Å². The highest BCUT2D eigenvalue weighted by Gasteiger charge is 2.43. The van der Waals surface area contributed by atoms with Crippen molar-refractivity contribution < 1.29 is 33.0 Å². The molecule has 1 aromatic rings. The largest absolute Gasteiger partial charge is 0.586 e. The Balaban J connectivity index is 1.57. The van der Waals surface area contributed by atoms with Crippen molar-refractivity contribution in [1.82, 2.24) is 9.80 Å². The molecule has 0 spiro atoms. The third-order valence-corrected chi connectivity index (χ3v) is 4.25. The van der Waals surface area contributed by atoms with Gasteiger partial charge in [-0.2, -0.15) is 0 Å². The molecule has 0 saturated carbocycles. The van der Waals surface area contributed by atoms with Gasteiger partial charge in [0.15, 0.2) is 11.5 Å². The van der Waals surface area contributed by atoms with Crippen molar-refractivity contribution in [2.24, 2.45) is 0 Å². The topological polar surface area (TPSA) is 79.3 Å². The molecule has 146 valence electrons. The lowest BCUT2D eigenvalue weighted by molar-refractivity contribution is -0.286. The highest BCUT2D eigenvalue weighted by Crippen LogP contribution is 2.41. The van der Waals surface area contributed by atoms with Crippen LogP contribution in [0.2, 0.25) is 0 Å². The Bertz CT molecular complexity index is 780. The molecule has 0 atom stereocenters. The third kappa shape index (κ3) is 4.36. The number of rotatable bonds is 3. The van der Waals surface area contributed by atoms with Gasteiger partial charge >= 0.3 is 6.29 Å². The summed E-state index contributed by atoms with van der Waals surface area (Å²) in [6, 6.07) is 4.24. The van der Waals surface area contributed by atoms with Crippen molar-refractivity contribution in [3.05, 3.63) is 29.8 Å². The smallest absolute Gasteiger partial charge is 0.395 e. The van der Waals surface area contributed by atoms with Crippen molar-refractivity contribution in [2.45, 2.75) is 25.7 Å². The van der Waals surface area contributed by atoms with Crippen LogP contribution in [0.4, 0.5) is 8.78 Å². The number of piperazine rings is 1. The predicted octanol–water partition coefficient (Wildman–Crippen LogP) is 1.46. The molecule has 1 saturated heterocycles. The van der Waals surface area contributed by atoms with Gasteiger partial charge in [0.1, 0.15) is 5.60 Å². The summed E-state index contributed by atoms with van der Waals surface area (Å²) in [4.78, 5) is 27.4. The molecule has 2 heterocycles. The van der Waals surface area contributed by atoms with Gasteiger partial charge in [0, 0.05) is 32.3 Å². The minimum absolute atomic E-state index is 0.0592. The van der Waals surface area contributed by atoms with Gasteiger partial charge in [-0.05, 0) is 37.6 Å². The number of hydrogen-bond acceptors (Lipinski definition) is 5. The molecule has 9 heteroatoms. The second-order valence-electron chi connectivity index (χ2n) is 6.88. The fourth-order valence-electron chi connectivity index (χ4n) is 2.86. The van der Waals surface area contributed by atoms with Crippen LogP contribution < -0.4 is 9.47 Å². The predicted molar refractivity (Wildman–Crippen MR) is 91.1 cm³/mol. The SMILES string of the molecule is CC(C)(O)C(=O)N1CCN(C(=O)/C=C/c2ccc3c(c2)OC(F)(F)O3)CC1. The summed E-state index contributed by atoms with van der Waals surface area (Å²) in [6.07, 6.45) is -0.847. The standard InChI is InChI=1S/C18H20F2N2O5/c1-17(2,25)16(24)22-9-7-21(8-10-22)15(23)6-4-12-3-5-13-14(11-12)27-18(19,20)26-13/h3-6,11,25H,7-10H2,1-2H3/b6-4+. The average Bonchev–Trinajstić information content (AvgIpc) is 2.91. The number of fused-ring (bicyclic) bond motifs is 1. The van der Waals surface area contributed by atoms with Gasteiger partial charge < -0.3 is 24.4 Å². The number of amides is 2. The second-order valence-corrected chi connectivity index (χ2v) is 6.88. The number of benzene rings is 1. The maximum Gasteiger partial charge on any atom is 0.586 e. The highest BCUT2D eigenvalue weighted by atomic mass is 19.3. The Morgan fingerprint density at radius 2 is 1.70 bits per heavy atom. The van der Waals surface area contributed by atoms with E-state index in [0.29, 0.717) is 31.7 Å². The van der Waals surface area contributed by atoms with E-state index in [9.17, 15) is 23.5 Å². The van der Waals surface area contributed by atoms with E-state index < -0.39 is 11.9 Å². The van der Waals surface area contributed by atoms with Crippen LogP contribution in [0, 0.1) is 0 Å². The monoisotopic (exact) mass is 382 g/mol. The molecule has 1 N–H and O–H groups in total. The van der Waals surface area contributed by atoms with Crippen LogP contribution in [0.1, 0.15) is 19.4 Å². The lowest BCUT2D eigenvalue weighted by Crippen LogP contribution is -2.54. The van der Waals surface area contributed by atoms with Crippen molar-refractivity contribution in [3.8, 4) is 11.5 Å². The van der Waals surface area contributed by atoms with E-state index in [1.165, 1.54) is 49.1 Å². The van der Waals surface area contributed by atoms with Crippen LogP contribution in [-0.4, -0.2) is 64.8 Å². The molecule has 0 unspecified atom stereocenters. The normalized spacial score (nSPS) is 18.9.